The molecule has 1 aliphatic heterocycles. The van der Waals surface area contributed by atoms with Crippen LogP contribution in [0.2, 0.25) is 0 Å². The van der Waals surface area contributed by atoms with Gasteiger partial charge in [-0.3, -0.25) is 10.4 Å². The molecule has 1 aromatic carbocycles. The molecular weight excluding hydrogens is 318 g/mol. The predicted molar refractivity (Wildman–Crippen MR) is 81.6 cm³/mol. The minimum Gasteiger partial charge on any atom is -0.487 e. The third-order valence-corrected chi connectivity index (χ3v) is 4.12. The molecule has 2 heterocycles. The maximum Gasteiger partial charge on any atom is 0.130 e. The SMILES string of the molecule is BrC1CNNC1c1ccc(OCc2ccccn2)cc1. The van der Waals surface area contributed by atoms with Gasteiger partial charge >= 0.3 is 0 Å². The van der Waals surface area contributed by atoms with Crippen LogP contribution in [-0.2, 0) is 6.61 Å². The Bertz CT molecular complexity index is 547. The van der Waals surface area contributed by atoms with Crippen LogP contribution >= 0.6 is 15.9 Å². The molecule has 0 spiro atoms. The lowest BCUT2D eigenvalue weighted by atomic mass is 10.1. The van der Waals surface area contributed by atoms with E-state index in [9.17, 15) is 0 Å². The summed E-state index contributed by atoms with van der Waals surface area (Å²) in [5.74, 6) is 0.858. The van der Waals surface area contributed by atoms with Gasteiger partial charge < -0.3 is 4.74 Å². The molecule has 2 aromatic rings. The fourth-order valence-corrected chi connectivity index (χ4v) is 2.78. The molecule has 104 valence electrons. The number of rotatable bonds is 4. The summed E-state index contributed by atoms with van der Waals surface area (Å²) in [5.41, 5.74) is 8.57. The van der Waals surface area contributed by atoms with Crippen molar-refractivity contribution < 1.29 is 4.74 Å². The van der Waals surface area contributed by atoms with Gasteiger partial charge in [0.1, 0.15) is 12.4 Å². The number of nitrogens with zero attached hydrogens (tertiary/aromatic N) is 1. The van der Waals surface area contributed by atoms with Gasteiger partial charge in [0, 0.05) is 17.6 Å². The lowest BCUT2D eigenvalue weighted by Crippen LogP contribution is -2.24. The van der Waals surface area contributed by atoms with E-state index >= 15 is 0 Å². The van der Waals surface area contributed by atoms with Crippen LogP contribution in [0, 0.1) is 0 Å². The molecule has 20 heavy (non-hydrogen) atoms. The number of benzene rings is 1. The first-order valence-electron chi connectivity index (χ1n) is 6.58. The normalized spacial score (nSPS) is 21.9. The Morgan fingerprint density at radius 2 is 2.05 bits per heavy atom. The summed E-state index contributed by atoms with van der Waals surface area (Å²) in [5, 5.41) is 0. The van der Waals surface area contributed by atoms with Crippen molar-refractivity contribution in [1.82, 2.24) is 15.8 Å². The van der Waals surface area contributed by atoms with Gasteiger partial charge in [-0.2, -0.15) is 0 Å². The maximum absolute atomic E-state index is 5.73. The third kappa shape index (κ3) is 3.17. The van der Waals surface area contributed by atoms with Crippen molar-refractivity contribution in [1.29, 1.82) is 0 Å². The number of aromatic nitrogens is 1. The van der Waals surface area contributed by atoms with Crippen molar-refractivity contribution in [3.63, 3.8) is 0 Å². The summed E-state index contributed by atoms with van der Waals surface area (Å²) in [6, 6.07) is 14.3. The minimum absolute atomic E-state index is 0.292. The van der Waals surface area contributed by atoms with Crippen molar-refractivity contribution in [2.45, 2.75) is 17.5 Å². The standard InChI is InChI=1S/C15H16BrN3O/c16-14-9-18-19-15(14)11-4-6-13(7-5-11)20-10-12-3-1-2-8-17-12/h1-8,14-15,18-19H,9-10H2. The fraction of sp³-hybridized carbons (Fsp3) is 0.267. The van der Waals surface area contributed by atoms with Crippen molar-refractivity contribution in [3.8, 4) is 5.75 Å². The van der Waals surface area contributed by atoms with Gasteiger partial charge in [0.15, 0.2) is 0 Å². The molecular formula is C15H16BrN3O. The molecule has 1 aromatic heterocycles. The summed E-state index contributed by atoms with van der Waals surface area (Å²) in [6.07, 6.45) is 1.77. The molecule has 1 aliphatic rings. The molecule has 1 saturated heterocycles. The van der Waals surface area contributed by atoms with Crippen LogP contribution in [0.4, 0.5) is 0 Å². The fourth-order valence-electron chi connectivity index (χ4n) is 2.18. The zero-order valence-electron chi connectivity index (χ0n) is 10.9. The molecule has 2 atom stereocenters. The van der Waals surface area contributed by atoms with Crippen LogP contribution < -0.4 is 15.6 Å². The largest absolute Gasteiger partial charge is 0.487 e. The first-order valence-corrected chi connectivity index (χ1v) is 7.49. The van der Waals surface area contributed by atoms with Crippen LogP contribution in [0.1, 0.15) is 17.3 Å². The number of alkyl halides is 1. The van der Waals surface area contributed by atoms with Gasteiger partial charge in [-0.05, 0) is 29.8 Å². The van der Waals surface area contributed by atoms with Gasteiger partial charge in [-0.15, -0.1) is 0 Å². The highest BCUT2D eigenvalue weighted by Crippen LogP contribution is 2.26. The first-order chi connectivity index (χ1) is 9.83. The van der Waals surface area contributed by atoms with Gasteiger partial charge in [-0.25, -0.2) is 5.43 Å². The Hall–Kier alpha value is -1.43. The van der Waals surface area contributed by atoms with Crippen molar-refractivity contribution in [2.24, 2.45) is 0 Å². The van der Waals surface area contributed by atoms with Crippen LogP contribution in [-0.4, -0.2) is 16.4 Å². The molecule has 1 fully saturated rings. The Kier molecular flexibility index (Phi) is 4.30. The Labute approximate surface area is 126 Å². The average Bonchev–Trinajstić information content (AvgIpc) is 2.93. The number of nitrogens with one attached hydrogen (secondary N) is 2. The van der Waals surface area contributed by atoms with Crippen molar-refractivity contribution in [2.75, 3.05) is 6.54 Å². The average molecular weight is 334 g/mol. The van der Waals surface area contributed by atoms with Gasteiger partial charge in [0.2, 0.25) is 0 Å². The highest BCUT2D eigenvalue weighted by atomic mass is 79.9. The Morgan fingerprint density at radius 3 is 2.70 bits per heavy atom. The van der Waals surface area contributed by atoms with Gasteiger partial charge in [0.05, 0.1) is 11.7 Å². The van der Waals surface area contributed by atoms with Crippen LogP contribution in [0.15, 0.2) is 48.7 Å². The van der Waals surface area contributed by atoms with Crippen LogP contribution in [0.3, 0.4) is 0 Å². The predicted octanol–water partition coefficient (Wildman–Crippen LogP) is 2.57. The van der Waals surface area contributed by atoms with E-state index < -0.39 is 0 Å². The number of halogens is 1. The second-order valence-electron chi connectivity index (χ2n) is 4.70. The molecule has 0 amide bonds. The molecule has 0 bridgehead atoms. The number of hydrogen-bond acceptors (Lipinski definition) is 4. The molecule has 0 radical (unpaired) electrons. The first kappa shape index (κ1) is 13.5. The van der Waals surface area contributed by atoms with E-state index in [1.54, 1.807) is 6.20 Å². The van der Waals surface area contributed by atoms with E-state index in [4.69, 9.17) is 4.74 Å². The molecule has 2 N–H and O–H groups in total. The highest BCUT2D eigenvalue weighted by Gasteiger charge is 2.25. The third-order valence-electron chi connectivity index (χ3n) is 3.27. The lowest BCUT2D eigenvalue weighted by Gasteiger charge is -2.14. The summed E-state index contributed by atoms with van der Waals surface area (Å²) in [6.45, 7) is 1.41. The van der Waals surface area contributed by atoms with Gasteiger partial charge in [0.25, 0.3) is 0 Å². The van der Waals surface area contributed by atoms with E-state index in [-0.39, 0.29) is 0 Å². The smallest absolute Gasteiger partial charge is 0.130 e. The minimum atomic E-state index is 0.292. The second-order valence-corrected chi connectivity index (χ2v) is 5.87. The zero-order chi connectivity index (χ0) is 13.8. The molecule has 0 saturated carbocycles. The summed E-state index contributed by atoms with van der Waals surface area (Å²) in [7, 11) is 0. The lowest BCUT2D eigenvalue weighted by molar-refractivity contribution is 0.301. The maximum atomic E-state index is 5.73. The zero-order valence-corrected chi connectivity index (χ0v) is 12.5. The number of ether oxygens (including phenoxy) is 1. The van der Waals surface area contributed by atoms with E-state index in [2.05, 4.69) is 43.9 Å². The van der Waals surface area contributed by atoms with Crippen molar-refractivity contribution >= 4 is 15.9 Å². The number of hydrazine groups is 1. The van der Waals surface area contributed by atoms with E-state index in [1.165, 1.54) is 5.56 Å². The summed E-state index contributed by atoms with van der Waals surface area (Å²) >= 11 is 3.66. The topological polar surface area (TPSA) is 46.2 Å². The number of hydrogen-bond donors (Lipinski definition) is 2. The Balaban J connectivity index is 1.61. The molecule has 5 heteroatoms. The van der Waals surface area contributed by atoms with E-state index in [0.29, 0.717) is 17.5 Å². The van der Waals surface area contributed by atoms with Crippen LogP contribution in [0.25, 0.3) is 0 Å². The number of pyridine rings is 1. The summed E-state index contributed by atoms with van der Waals surface area (Å²) < 4.78 is 5.73. The molecule has 4 nitrogen and oxygen atoms in total. The Morgan fingerprint density at radius 1 is 1.20 bits per heavy atom. The van der Waals surface area contributed by atoms with Crippen LogP contribution in [0.5, 0.6) is 5.75 Å². The highest BCUT2D eigenvalue weighted by molar-refractivity contribution is 9.09. The molecule has 2 unspecified atom stereocenters. The molecule has 3 rings (SSSR count). The van der Waals surface area contributed by atoms with E-state index in [0.717, 1.165) is 18.0 Å². The quantitative estimate of drug-likeness (QED) is 0.844. The second kappa shape index (κ2) is 6.35. The van der Waals surface area contributed by atoms with Gasteiger partial charge in [-0.1, -0.05) is 34.1 Å². The monoisotopic (exact) mass is 333 g/mol. The van der Waals surface area contributed by atoms with E-state index in [1.807, 2.05) is 30.3 Å². The van der Waals surface area contributed by atoms with Crippen molar-refractivity contribution in [3.05, 3.63) is 59.9 Å². The molecule has 0 aliphatic carbocycles. The summed E-state index contributed by atoms with van der Waals surface area (Å²) in [4.78, 5) is 4.64.